The lowest BCUT2D eigenvalue weighted by Gasteiger charge is -2.11. The number of anilines is 2. The second-order valence-electron chi connectivity index (χ2n) is 8.21. The van der Waals surface area contributed by atoms with Crippen LogP contribution in [0.5, 0.6) is 23.1 Å². The molecule has 5 rings (SSSR count). The highest BCUT2D eigenvalue weighted by molar-refractivity contribution is 5.99. The van der Waals surface area contributed by atoms with E-state index in [4.69, 9.17) is 9.47 Å². The highest BCUT2D eigenvalue weighted by Gasteiger charge is 2.11. The summed E-state index contributed by atoms with van der Waals surface area (Å²) in [4.78, 5) is 25.7. The van der Waals surface area contributed by atoms with Gasteiger partial charge >= 0.3 is 6.03 Å². The van der Waals surface area contributed by atoms with Gasteiger partial charge in [0.25, 0.3) is 0 Å². The molecule has 0 saturated carbocycles. The number of hydrogen-bond donors (Lipinski definition) is 2. The number of rotatable bonds is 8. The van der Waals surface area contributed by atoms with Crippen molar-refractivity contribution in [3.8, 4) is 34.4 Å². The highest BCUT2D eigenvalue weighted by Crippen LogP contribution is 2.30. The van der Waals surface area contributed by atoms with E-state index < -0.39 is 0 Å². The molecule has 2 amide bonds. The van der Waals surface area contributed by atoms with Crippen molar-refractivity contribution in [1.29, 1.82) is 0 Å². The van der Waals surface area contributed by atoms with E-state index in [1.165, 1.54) is 0 Å². The smallest absolute Gasteiger partial charge is 0.323 e. The SMILES string of the molecule is CCc1nccc(-c2cccnc2Oc2ccc(NC(=O)Nc3ccc(Oc4ccccc4)cc3)cc2)n1. The number of benzene rings is 3. The molecule has 8 heteroatoms. The number of para-hydroxylation sites is 1. The summed E-state index contributed by atoms with van der Waals surface area (Å²) in [6.45, 7) is 2.01. The fourth-order valence-electron chi connectivity index (χ4n) is 3.63. The van der Waals surface area contributed by atoms with Crippen LogP contribution in [0.2, 0.25) is 0 Å². The van der Waals surface area contributed by atoms with E-state index in [0.717, 1.165) is 29.3 Å². The van der Waals surface area contributed by atoms with E-state index in [9.17, 15) is 4.79 Å². The lowest BCUT2D eigenvalue weighted by molar-refractivity contribution is 0.262. The summed E-state index contributed by atoms with van der Waals surface area (Å²) < 4.78 is 11.8. The number of nitrogens with one attached hydrogen (secondary N) is 2. The number of aromatic nitrogens is 3. The molecule has 8 nitrogen and oxygen atoms in total. The Bertz CT molecular complexity index is 1510. The largest absolute Gasteiger partial charge is 0.457 e. The van der Waals surface area contributed by atoms with Crippen LogP contribution >= 0.6 is 0 Å². The van der Waals surface area contributed by atoms with Crippen molar-refractivity contribution >= 4 is 17.4 Å². The second-order valence-corrected chi connectivity index (χ2v) is 8.21. The molecule has 2 N–H and O–H groups in total. The van der Waals surface area contributed by atoms with Crippen molar-refractivity contribution in [2.24, 2.45) is 0 Å². The fraction of sp³-hybridized carbons (Fsp3) is 0.0667. The molecule has 2 aromatic heterocycles. The normalized spacial score (nSPS) is 10.4. The van der Waals surface area contributed by atoms with Gasteiger partial charge in [0.05, 0.1) is 11.3 Å². The van der Waals surface area contributed by atoms with E-state index in [-0.39, 0.29) is 6.03 Å². The fourth-order valence-corrected chi connectivity index (χ4v) is 3.63. The van der Waals surface area contributed by atoms with E-state index >= 15 is 0 Å². The monoisotopic (exact) mass is 503 g/mol. The van der Waals surface area contributed by atoms with Gasteiger partial charge in [0.1, 0.15) is 23.1 Å². The van der Waals surface area contributed by atoms with Crippen LogP contribution in [0.4, 0.5) is 16.2 Å². The number of pyridine rings is 1. The van der Waals surface area contributed by atoms with Crippen molar-refractivity contribution in [3.63, 3.8) is 0 Å². The topological polar surface area (TPSA) is 98.3 Å². The molecule has 188 valence electrons. The molecule has 0 saturated heterocycles. The van der Waals surface area contributed by atoms with Gasteiger partial charge in [0.2, 0.25) is 5.88 Å². The molecule has 0 unspecified atom stereocenters. The van der Waals surface area contributed by atoms with E-state index in [1.807, 2.05) is 55.5 Å². The zero-order chi connectivity index (χ0) is 26.2. The minimum Gasteiger partial charge on any atom is -0.457 e. The third kappa shape index (κ3) is 6.30. The van der Waals surface area contributed by atoms with E-state index in [2.05, 4.69) is 25.6 Å². The zero-order valence-corrected chi connectivity index (χ0v) is 20.7. The van der Waals surface area contributed by atoms with Gasteiger partial charge in [-0.15, -0.1) is 0 Å². The average molecular weight is 504 g/mol. The van der Waals surface area contributed by atoms with Gasteiger partial charge in [-0.3, -0.25) is 0 Å². The molecule has 0 bridgehead atoms. The lowest BCUT2D eigenvalue weighted by Crippen LogP contribution is -2.19. The maximum atomic E-state index is 12.5. The van der Waals surface area contributed by atoms with Crippen molar-refractivity contribution in [1.82, 2.24) is 15.0 Å². The average Bonchev–Trinajstić information content (AvgIpc) is 2.96. The summed E-state index contributed by atoms with van der Waals surface area (Å²) in [5.74, 6) is 3.19. The van der Waals surface area contributed by atoms with Crippen LogP contribution in [0.25, 0.3) is 11.3 Å². The quantitative estimate of drug-likeness (QED) is 0.230. The van der Waals surface area contributed by atoms with Crippen LogP contribution in [-0.4, -0.2) is 21.0 Å². The molecule has 0 spiro atoms. The van der Waals surface area contributed by atoms with Crippen molar-refractivity contribution < 1.29 is 14.3 Å². The Labute approximate surface area is 220 Å². The maximum absolute atomic E-state index is 12.5. The molecule has 0 fully saturated rings. The number of amides is 2. The summed E-state index contributed by atoms with van der Waals surface area (Å²) in [6.07, 6.45) is 4.14. The summed E-state index contributed by atoms with van der Waals surface area (Å²) >= 11 is 0. The van der Waals surface area contributed by atoms with E-state index in [0.29, 0.717) is 28.8 Å². The van der Waals surface area contributed by atoms with Crippen LogP contribution in [0.15, 0.2) is 109 Å². The summed E-state index contributed by atoms with van der Waals surface area (Å²) in [5, 5.41) is 5.63. The second kappa shape index (κ2) is 11.7. The Morgan fingerprint density at radius 1 is 0.684 bits per heavy atom. The highest BCUT2D eigenvalue weighted by atomic mass is 16.5. The standard InChI is InChI=1S/C30H25N5O3/c1-2-28-31-20-18-27(35-28)26-9-6-19-32-29(26)38-25-16-12-22(13-17-25)34-30(36)33-21-10-14-24(15-11-21)37-23-7-4-3-5-8-23/h3-20H,2H2,1H3,(H2,33,34,36). The van der Waals surface area contributed by atoms with Gasteiger partial charge in [-0.05, 0) is 78.9 Å². The Balaban J connectivity index is 1.19. The van der Waals surface area contributed by atoms with Gasteiger partial charge in [-0.2, -0.15) is 0 Å². The van der Waals surface area contributed by atoms with Gasteiger partial charge in [0.15, 0.2) is 0 Å². The Hall–Kier alpha value is -5.24. The first-order valence-electron chi connectivity index (χ1n) is 12.1. The van der Waals surface area contributed by atoms with Crippen LogP contribution in [0.3, 0.4) is 0 Å². The number of hydrogen-bond acceptors (Lipinski definition) is 6. The number of urea groups is 1. The van der Waals surface area contributed by atoms with Crippen LogP contribution < -0.4 is 20.1 Å². The van der Waals surface area contributed by atoms with Crippen LogP contribution in [0, 0.1) is 0 Å². The Kier molecular flexibility index (Phi) is 7.51. The molecule has 5 aromatic rings. The van der Waals surface area contributed by atoms with Gasteiger partial charge in [-0.1, -0.05) is 25.1 Å². The Morgan fingerprint density at radius 2 is 1.32 bits per heavy atom. The lowest BCUT2D eigenvalue weighted by atomic mass is 10.2. The minimum atomic E-state index is -0.363. The third-order valence-corrected chi connectivity index (χ3v) is 5.49. The number of ether oxygens (including phenoxy) is 2. The summed E-state index contributed by atoms with van der Waals surface area (Å²) in [5.41, 5.74) is 2.77. The maximum Gasteiger partial charge on any atom is 0.323 e. The Morgan fingerprint density at radius 3 is 1.97 bits per heavy atom. The first-order valence-corrected chi connectivity index (χ1v) is 12.1. The number of aryl methyl sites for hydroxylation is 1. The molecule has 0 aliphatic rings. The minimum absolute atomic E-state index is 0.363. The van der Waals surface area contributed by atoms with Gasteiger partial charge < -0.3 is 20.1 Å². The number of carbonyl (C=O) groups is 1. The molecule has 0 radical (unpaired) electrons. The predicted octanol–water partition coefficient (Wildman–Crippen LogP) is 7.33. The predicted molar refractivity (Wildman–Crippen MR) is 147 cm³/mol. The molecule has 2 heterocycles. The number of carbonyl (C=O) groups excluding carboxylic acids is 1. The molecule has 3 aromatic carbocycles. The van der Waals surface area contributed by atoms with Crippen molar-refractivity contribution in [3.05, 3.63) is 115 Å². The molecule has 0 aliphatic carbocycles. The molecular weight excluding hydrogens is 478 g/mol. The van der Waals surface area contributed by atoms with Gasteiger partial charge in [0, 0.05) is 30.2 Å². The molecule has 38 heavy (non-hydrogen) atoms. The summed E-state index contributed by atoms with van der Waals surface area (Å²) in [6, 6.07) is 28.9. The third-order valence-electron chi connectivity index (χ3n) is 5.49. The molecule has 0 atom stereocenters. The molecule has 0 aliphatic heterocycles. The number of nitrogens with zero attached hydrogens (tertiary/aromatic N) is 3. The van der Waals surface area contributed by atoms with E-state index in [1.54, 1.807) is 60.9 Å². The van der Waals surface area contributed by atoms with Crippen molar-refractivity contribution in [2.75, 3.05) is 10.6 Å². The first kappa shape index (κ1) is 24.5. The van der Waals surface area contributed by atoms with Gasteiger partial charge in [-0.25, -0.2) is 19.7 Å². The zero-order valence-electron chi connectivity index (χ0n) is 20.7. The summed E-state index contributed by atoms with van der Waals surface area (Å²) in [7, 11) is 0. The molecular formula is C30H25N5O3. The van der Waals surface area contributed by atoms with Crippen molar-refractivity contribution in [2.45, 2.75) is 13.3 Å². The first-order chi connectivity index (χ1) is 18.7. The van der Waals surface area contributed by atoms with Crippen LogP contribution in [-0.2, 0) is 6.42 Å². The van der Waals surface area contributed by atoms with Crippen LogP contribution in [0.1, 0.15) is 12.7 Å².